The van der Waals surface area contributed by atoms with E-state index in [4.69, 9.17) is 14.1 Å². The van der Waals surface area contributed by atoms with Crippen LogP contribution in [0.3, 0.4) is 0 Å². The van der Waals surface area contributed by atoms with E-state index in [0.717, 1.165) is 46.0 Å². The number of rotatable bonds is 2. The summed E-state index contributed by atoms with van der Waals surface area (Å²) < 4.78 is 12.0. The molecule has 1 atom stereocenters. The lowest BCUT2D eigenvalue weighted by molar-refractivity contribution is 0.243. The number of aromatic amines is 1. The average molecular weight is 345 g/mol. The number of H-pyrrole nitrogens is 1. The normalized spacial score (nSPS) is 16.5. The predicted molar refractivity (Wildman–Crippen MR) is 99.4 cm³/mol. The fourth-order valence-electron chi connectivity index (χ4n) is 3.61. The summed E-state index contributed by atoms with van der Waals surface area (Å²) in [6.07, 6.45) is 2.72. The largest absolute Gasteiger partial charge is 0.492 e. The van der Waals surface area contributed by atoms with Gasteiger partial charge in [-0.3, -0.25) is 5.10 Å². The number of nitrogens with one attached hydrogen (secondary N) is 1. The van der Waals surface area contributed by atoms with Gasteiger partial charge >= 0.3 is 0 Å². The quantitative estimate of drug-likeness (QED) is 0.579. The molecule has 3 heterocycles. The minimum atomic E-state index is 0.135. The minimum absolute atomic E-state index is 0.135. The van der Waals surface area contributed by atoms with E-state index in [1.807, 2.05) is 31.3 Å². The second-order valence-electron chi connectivity index (χ2n) is 6.97. The molecule has 2 aromatic carbocycles. The number of ether oxygens (including phenoxy) is 1. The zero-order chi connectivity index (χ0) is 17.7. The molecule has 1 aliphatic heterocycles. The monoisotopic (exact) mass is 345 g/mol. The Labute approximate surface area is 151 Å². The van der Waals surface area contributed by atoms with Gasteiger partial charge in [-0.15, -0.1) is 0 Å². The highest BCUT2D eigenvalue weighted by Crippen LogP contribution is 2.34. The smallest absolute Gasteiger partial charge is 0.202 e. The average Bonchev–Trinajstić information content (AvgIpc) is 3.26. The summed E-state index contributed by atoms with van der Waals surface area (Å²) in [4.78, 5) is 4.71. The summed E-state index contributed by atoms with van der Waals surface area (Å²) in [5.74, 6) is 1.85. The molecule has 0 fully saturated rings. The molecule has 0 spiro atoms. The van der Waals surface area contributed by atoms with Gasteiger partial charge in [0.1, 0.15) is 17.9 Å². The Hall–Kier alpha value is -3.08. The van der Waals surface area contributed by atoms with E-state index in [-0.39, 0.29) is 5.92 Å². The third-order valence-electron chi connectivity index (χ3n) is 5.02. The van der Waals surface area contributed by atoms with Crippen LogP contribution in [-0.2, 0) is 6.42 Å². The molecule has 130 valence electrons. The standard InChI is InChI=1S/C21H19N3O2/c1-12-3-6-19-15(7-12)8-16(11-25-19)21-23-18-5-4-14(9-20(18)26-21)17-10-22-24-13(17)2/h3-7,9-10,16H,8,11H2,1-2H3,(H,22,24). The third-order valence-corrected chi connectivity index (χ3v) is 5.02. The fraction of sp³-hybridized carbons (Fsp3) is 0.238. The molecule has 2 aromatic heterocycles. The van der Waals surface area contributed by atoms with Crippen molar-refractivity contribution in [3.63, 3.8) is 0 Å². The lowest BCUT2D eigenvalue weighted by Gasteiger charge is -2.23. The summed E-state index contributed by atoms with van der Waals surface area (Å²) in [5.41, 5.74) is 7.33. The molecule has 0 amide bonds. The molecule has 5 nitrogen and oxygen atoms in total. The van der Waals surface area contributed by atoms with Crippen LogP contribution < -0.4 is 4.74 Å². The lowest BCUT2D eigenvalue weighted by atomic mass is 9.95. The first-order valence-electron chi connectivity index (χ1n) is 8.80. The Morgan fingerprint density at radius 3 is 2.88 bits per heavy atom. The van der Waals surface area contributed by atoms with Crippen LogP contribution in [0.25, 0.3) is 22.2 Å². The van der Waals surface area contributed by atoms with Crippen LogP contribution in [-0.4, -0.2) is 21.8 Å². The molecule has 4 aromatic rings. The van der Waals surface area contributed by atoms with Gasteiger partial charge in [-0.2, -0.15) is 5.10 Å². The maximum Gasteiger partial charge on any atom is 0.202 e. The first-order valence-corrected chi connectivity index (χ1v) is 8.80. The van der Waals surface area contributed by atoms with Crippen molar-refractivity contribution in [3.05, 3.63) is 65.3 Å². The van der Waals surface area contributed by atoms with Crippen LogP contribution in [0.5, 0.6) is 5.75 Å². The minimum Gasteiger partial charge on any atom is -0.492 e. The first kappa shape index (κ1) is 15.2. The topological polar surface area (TPSA) is 63.9 Å². The molecule has 0 saturated heterocycles. The molecule has 0 radical (unpaired) electrons. The van der Waals surface area contributed by atoms with E-state index in [1.165, 1.54) is 11.1 Å². The van der Waals surface area contributed by atoms with Gasteiger partial charge in [-0.05, 0) is 49.6 Å². The van der Waals surface area contributed by atoms with Crippen molar-refractivity contribution in [2.24, 2.45) is 0 Å². The van der Waals surface area contributed by atoms with Gasteiger partial charge < -0.3 is 9.15 Å². The summed E-state index contributed by atoms with van der Waals surface area (Å²) in [6, 6.07) is 12.4. The molecule has 0 bridgehead atoms. The Balaban J connectivity index is 1.49. The highest BCUT2D eigenvalue weighted by molar-refractivity contribution is 5.80. The van der Waals surface area contributed by atoms with E-state index in [9.17, 15) is 0 Å². The van der Waals surface area contributed by atoms with Gasteiger partial charge in [0.15, 0.2) is 5.58 Å². The van der Waals surface area contributed by atoms with Gasteiger partial charge in [0.25, 0.3) is 0 Å². The van der Waals surface area contributed by atoms with Gasteiger partial charge in [-0.25, -0.2) is 4.98 Å². The summed E-state index contributed by atoms with van der Waals surface area (Å²) in [6.45, 7) is 4.70. The number of benzene rings is 2. The number of oxazole rings is 1. The molecule has 5 rings (SSSR count). The van der Waals surface area contributed by atoms with Gasteiger partial charge in [0, 0.05) is 11.3 Å². The Bertz CT molecular complexity index is 1110. The number of fused-ring (bicyclic) bond motifs is 2. The highest BCUT2D eigenvalue weighted by atomic mass is 16.5. The van der Waals surface area contributed by atoms with E-state index >= 15 is 0 Å². The van der Waals surface area contributed by atoms with E-state index in [0.29, 0.717) is 6.61 Å². The summed E-state index contributed by atoms with van der Waals surface area (Å²) >= 11 is 0. The molecule has 0 aliphatic carbocycles. The summed E-state index contributed by atoms with van der Waals surface area (Å²) in [7, 11) is 0. The highest BCUT2D eigenvalue weighted by Gasteiger charge is 2.26. The number of hydrogen-bond acceptors (Lipinski definition) is 4. The van der Waals surface area contributed by atoms with Crippen LogP contribution in [0.1, 0.15) is 28.6 Å². The van der Waals surface area contributed by atoms with Crippen molar-refractivity contribution in [1.82, 2.24) is 15.2 Å². The molecule has 1 N–H and O–H groups in total. The molecule has 1 aliphatic rings. The van der Waals surface area contributed by atoms with Crippen molar-refractivity contribution in [2.75, 3.05) is 6.61 Å². The molecule has 5 heteroatoms. The van der Waals surface area contributed by atoms with Gasteiger partial charge in [-0.1, -0.05) is 23.8 Å². The number of aromatic nitrogens is 3. The van der Waals surface area contributed by atoms with E-state index in [2.05, 4.69) is 35.3 Å². The van der Waals surface area contributed by atoms with Crippen molar-refractivity contribution in [2.45, 2.75) is 26.2 Å². The van der Waals surface area contributed by atoms with Crippen molar-refractivity contribution in [1.29, 1.82) is 0 Å². The second kappa shape index (κ2) is 5.73. The van der Waals surface area contributed by atoms with Crippen LogP contribution in [0.4, 0.5) is 0 Å². The fourth-order valence-corrected chi connectivity index (χ4v) is 3.61. The third kappa shape index (κ3) is 2.47. The van der Waals surface area contributed by atoms with Crippen molar-refractivity contribution >= 4 is 11.1 Å². The predicted octanol–water partition coefficient (Wildman–Crippen LogP) is 4.55. The van der Waals surface area contributed by atoms with E-state index < -0.39 is 0 Å². The summed E-state index contributed by atoms with van der Waals surface area (Å²) in [5, 5.41) is 7.07. The molecular formula is C21H19N3O2. The van der Waals surface area contributed by atoms with Crippen LogP contribution in [0.2, 0.25) is 0 Å². The number of hydrogen-bond donors (Lipinski definition) is 1. The zero-order valence-corrected chi connectivity index (χ0v) is 14.7. The lowest BCUT2D eigenvalue weighted by Crippen LogP contribution is -2.19. The Kier molecular flexibility index (Phi) is 3.35. The maximum atomic E-state index is 6.11. The first-order chi connectivity index (χ1) is 12.7. The van der Waals surface area contributed by atoms with Crippen LogP contribution in [0.15, 0.2) is 47.0 Å². The second-order valence-corrected chi connectivity index (χ2v) is 6.97. The maximum absolute atomic E-state index is 6.11. The Morgan fingerprint density at radius 1 is 1.12 bits per heavy atom. The number of aryl methyl sites for hydroxylation is 2. The molecule has 0 saturated carbocycles. The van der Waals surface area contributed by atoms with Crippen LogP contribution in [0, 0.1) is 13.8 Å². The van der Waals surface area contributed by atoms with Crippen molar-refractivity contribution < 1.29 is 9.15 Å². The zero-order valence-electron chi connectivity index (χ0n) is 14.7. The molecule has 26 heavy (non-hydrogen) atoms. The van der Waals surface area contributed by atoms with Crippen LogP contribution >= 0.6 is 0 Å². The molecule has 1 unspecified atom stereocenters. The van der Waals surface area contributed by atoms with Crippen molar-refractivity contribution in [3.8, 4) is 16.9 Å². The Morgan fingerprint density at radius 2 is 2.04 bits per heavy atom. The van der Waals surface area contributed by atoms with Gasteiger partial charge in [0.05, 0.1) is 12.1 Å². The number of nitrogens with zero attached hydrogens (tertiary/aromatic N) is 2. The molecular weight excluding hydrogens is 326 g/mol. The van der Waals surface area contributed by atoms with E-state index in [1.54, 1.807) is 0 Å². The van der Waals surface area contributed by atoms with Gasteiger partial charge in [0.2, 0.25) is 5.89 Å². The SMILES string of the molecule is Cc1ccc2c(c1)CC(c1nc3ccc(-c4cn[nH]c4C)cc3o1)CO2.